The molecule has 0 aromatic carbocycles. The van der Waals surface area contributed by atoms with Crippen LogP contribution in [0.3, 0.4) is 0 Å². The van der Waals surface area contributed by atoms with Gasteiger partial charge in [-0.25, -0.2) is 0 Å². The van der Waals surface area contributed by atoms with Gasteiger partial charge >= 0.3 is 0 Å². The minimum atomic E-state index is 0.262. The molecule has 0 rings (SSSR count). The molecular weight excluding hydrogens is 558 g/mol. The Morgan fingerprint density at radius 1 is 0.556 bits per heavy atom. The minimum absolute atomic E-state index is 0.262. The van der Waals surface area contributed by atoms with Gasteiger partial charge in [-0.05, 0) is 64.0 Å². The van der Waals surface area contributed by atoms with Gasteiger partial charge in [-0.2, -0.15) is 0 Å². The van der Waals surface area contributed by atoms with E-state index in [4.69, 9.17) is 9.47 Å². The molecule has 1 unspecified atom stereocenters. The molecule has 0 aromatic rings. The standard InChI is InChI=1S/C27H55NO3.C13H28O/c1-2-3-4-5-9-14-19-26-31-27-20-15-10-7-12-17-22-28(23-25-30)21-16-11-6-8-13-18-24-29;1-4-6-7-8-9-11-13(10-5-2)12-14-3/h24,30H,2-23,25-27H2,1H3;13H,4-12H2,1-3H3. The first-order chi connectivity index (χ1) is 22.2. The van der Waals surface area contributed by atoms with Crippen LogP contribution in [0.4, 0.5) is 0 Å². The zero-order valence-electron chi connectivity index (χ0n) is 31.3. The number of carbonyl (C=O) groups excluding carboxylic acids is 1. The van der Waals surface area contributed by atoms with Gasteiger partial charge < -0.3 is 24.3 Å². The highest BCUT2D eigenvalue weighted by Gasteiger charge is 2.06. The van der Waals surface area contributed by atoms with E-state index in [-0.39, 0.29) is 6.61 Å². The normalized spacial score (nSPS) is 12.0. The van der Waals surface area contributed by atoms with Crippen molar-refractivity contribution in [2.24, 2.45) is 5.92 Å². The lowest BCUT2D eigenvalue weighted by molar-refractivity contribution is -0.107. The fourth-order valence-corrected chi connectivity index (χ4v) is 6.07. The molecule has 0 saturated heterocycles. The van der Waals surface area contributed by atoms with Gasteiger partial charge in [0.15, 0.2) is 0 Å². The highest BCUT2D eigenvalue weighted by molar-refractivity contribution is 5.48. The van der Waals surface area contributed by atoms with Gasteiger partial charge in [-0.15, -0.1) is 0 Å². The smallest absolute Gasteiger partial charge is 0.119 e. The Balaban J connectivity index is 0. The second-order valence-electron chi connectivity index (χ2n) is 13.5. The number of ether oxygens (including phenoxy) is 2. The van der Waals surface area contributed by atoms with Gasteiger partial charge in [0.2, 0.25) is 0 Å². The molecule has 272 valence electrons. The van der Waals surface area contributed by atoms with Gasteiger partial charge in [0, 0.05) is 39.9 Å². The molecule has 0 heterocycles. The molecule has 0 aliphatic carbocycles. The summed E-state index contributed by atoms with van der Waals surface area (Å²) in [7, 11) is 1.82. The lowest BCUT2D eigenvalue weighted by Gasteiger charge is -2.21. The van der Waals surface area contributed by atoms with Gasteiger partial charge in [0.1, 0.15) is 6.29 Å². The summed E-state index contributed by atoms with van der Waals surface area (Å²) in [6, 6.07) is 0. The monoisotopic (exact) mass is 642 g/mol. The van der Waals surface area contributed by atoms with Crippen molar-refractivity contribution in [2.75, 3.05) is 53.2 Å². The van der Waals surface area contributed by atoms with Crippen LogP contribution < -0.4 is 0 Å². The third-order valence-electron chi connectivity index (χ3n) is 8.93. The Hall–Kier alpha value is -0.490. The Morgan fingerprint density at radius 3 is 1.49 bits per heavy atom. The number of aliphatic hydroxyl groups excluding tert-OH is 1. The van der Waals surface area contributed by atoms with Crippen molar-refractivity contribution in [3.05, 3.63) is 0 Å². The van der Waals surface area contributed by atoms with Crippen LogP contribution in [-0.2, 0) is 14.3 Å². The second kappa shape index (κ2) is 43.5. The van der Waals surface area contributed by atoms with Crippen molar-refractivity contribution in [3.8, 4) is 0 Å². The minimum Gasteiger partial charge on any atom is -0.395 e. The first-order valence-corrected chi connectivity index (χ1v) is 20.0. The quantitative estimate of drug-likeness (QED) is 0.0540. The highest BCUT2D eigenvalue weighted by Crippen LogP contribution is 2.17. The number of rotatable bonds is 37. The zero-order valence-corrected chi connectivity index (χ0v) is 31.3. The summed E-state index contributed by atoms with van der Waals surface area (Å²) in [5, 5.41) is 9.28. The molecule has 0 bridgehead atoms. The summed E-state index contributed by atoms with van der Waals surface area (Å²) < 4.78 is 11.0. The molecule has 0 fully saturated rings. The molecule has 5 nitrogen and oxygen atoms in total. The maximum Gasteiger partial charge on any atom is 0.119 e. The molecule has 1 N–H and O–H groups in total. The third-order valence-corrected chi connectivity index (χ3v) is 8.93. The van der Waals surface area contributed by atoms with Gasteiger partial charge in [0.05, 0.1) is 6.61 Å². The van der Waals surface area contributed by atoms with E-state index >= 15 is 0 Å². The van der Waals surface area contributed by atoms with E-state index in [1.54, 1.807) is 0 Å². The van der Waals surface area contributed by atoms with Crippen LogP contribution in [0.2, 0.25) is 0 Å². The fourth-order valence-electron chi connectivity index (χ4n) is 6.07. The summed E-state index contributed by atoms with van der Waals surface area (Å²) in [6.45, 7) is 12.9. The van der Waals surface area contributed by atoms with Crippen molar-refractivity contribution in [1.82, 2.24) is 4.90 Å². The number of methoxy groups -OCH3 is 1. The lowest BCUT2D eigenvalue weighted by atomic mass is 9.97. The van der Waals surface area contributed by atoms with E-state index in [2.05, 4.69) is 25.7 Å². The number of aldehydes is 1. The van der Waals surface area contributed by atoms with E-state index in [0.29, 0.717) is 6.42 Å². The number of aliphatic hydroxyl groups is 1. The second-order valence-corrected chi connectivity index (χ2v) is 13.5. The van der Waals surface area contributed by atoms with Crippen molar-refractivity contribution < 1.29 is 19.4 Å². The van der Waals surface area contributed by atoms with Crippen molar-refractivity contribution >= 4 is 6.29 Å². The van der Waals surface area contributed by atoms with Crippen LogP contribution in [0.5, 0.6) is 0 Å². The summed E-state index contributed by atoms with van der Waals surface area (Å²) in [6.07, 6.45) is 35.7. The molecule has 0 aliphatic rings. The van der Waals surface area contributed by atoms with Crippen LogP contribution in [0.25, 0.3) is 0 Å². The Morgan fingerprint density at radius 2 is 1.02 bits per heavy atom. The molecule has 1 atom stereocenters. The number of carbonyl (C=O) groups is 1. The topological polar surface area (TPSA) is 59.0 Å². The zero-order chi connectivity index (χ0) is 33.3. The van der Waals surface area contributed by atoms with E-state index < -0.39 is 0 Å². The van der Waals surface area contributed by atoms with Crippen LogP contribution >= 0.6 is 0 Å². The van der Waals surface area contributed by atoms with Crippen molar-refractivity contribution in [3.63, 3.8) is 0 Å². The summed E-state index contributed by atoms with van der Waals surface area (Å²) >= 11 is 0. The Labute approximate surface area is 283 Å². The predicted molar refractivity (Wildman–Crippen MR) is 197 cm³/mol. The van der Waals surface area contributed by atoms with Gasteiger partial charge in [0.25, 0.3) is 0 Å². The van der Waals surface area contributed by atoms with Crippen LogP contribution in [0, 0.1) is 5.92 Å². The Kier molecular flexibility index (Phi) is 45.1. The highest BCUT2D eigenvalue weighted by atomic mass is 16.5. The van der Waals surface area contributed by atoms with E-state index in [9.17, 15) is 9.90 Å². The summed E-state index contributed by atoms with van der Waals surface area (Å²) in [5.41, 5.74) is 0. The maximum atomic E-state index is 10.3. The van der Waals surface area contributed by atoms with E-state index in [1.807, 2.05) is 7.11 Å². The molecular formula is C40H83NO4. The van der Waals surface area contributed by atoms with Crippen molar-refractivity contribution in [2.45, 2.75) is 194 Å². The largest absolute Gasteiger partial charge is 0.395 e. The van der Waals surface area contributed by atoms with Crippen LogP contribution in [0.15, 0.2) is 0 Å². The average molecular weight is 642 g/mol. The Bertz CT molecular complexity index is 513. The number of nitrogens with zero attached hydrogens (tertiary/aromatic N) is 1. The van der Waals surface area contributed by atoms with Gasteiger partial charge in [-0.1, -0.05) is 143 Å². The average Bonchev–Trinajstić information content (AvgIpc) is 3.04. The molecule has 45 heavy (non-hydrogen) atoms. The first-order valence-electron chi connectivity index (χ1n) is 20.0. The van der Waals surface area contributed by atoms with Crippen LogP contribution in [0.1, 0.15) is 194 Å². The van der Waals surface area contributed by atoms with Crippen LogP contribution in [-0.4, -0.2) is 69.5 Å². The van der Waals surface area contributed by atoms with Crippen molar-refractivity contribution in [1.29, 1.82) is 0 Å². The molecule has 0 aliphatic heterocycles. The van der Waals surface area contributed by atoms with Gasteiger partial charge in [-0.3, -0.25) is 0 Å². The van der Waals surface area contributed by atoms with E-state index in [0.717, 1.165) is 58.1 Å². The predicted octanol–water partition coefficient (Wildman–Crippen LogP) is 11.3. The molecule has 0 spiro atoms. The summed E-state index contributed by atoms with van der Waals surface area (Å²) in [5.74, 6) is 0.812. The number of unbranched alkanes of at least 4 members (excludes halogenated alkanes) is 20. The third kappa shape index (κ3) is 41.5. The molecule has 5 heteroatoms. The maximum absolute atomic E-state index is 10.3. The molecule has 0 saturated carbocycles. The first kappa shape index (κ1) is 46.6. The molecule has 0 radical (unpaired) electrons. The van der Waals surface area contributed by atoms with E-state index in [1.165, 1.54) is 161 Å². The number of hydrogen-bond donors (Lipinski definition) is 1. The number of hydrogen-bond acceptors (Lipinski definition) is 5. The SMILES string of the molecule is CCCCCCCC(CCC)COC.CCCCCCCCCOCCCCCCCCN(CCO)CCCCCCCC=O. The molecule has 0 aromatic heterocycles. The fraction of sp³-hybridized carbons (Fsp3) is 0.975. The lowest BCUT2D eigenvalue weighted by Crippen LogP contribution is -2.29. The molecule has 0 amide bonds. The summed E-state index contributed by atoms with van der Waals surface area (Å²) in [4.78, 5) is 12.7.